The maximum atomic E-state index is 12.7. The highest BCUT2D eigenvalue weighted by Gasteiger charge is 2.36. The van der Waals surface area contributed by atoms with E-state index in [1.165, 1.54) is 4.68 Å². The van der Waals surface area contributed by atoms with Crippen molar-refractivity contribution >= 4 is 22.8 Å². The van der Waals surface area contributed by atoms with E-state index in [0.717, 1.165) is 32.1 Å². The summed E-state index contributed by atoms with van der Waals surface area (Å²) in [6, 6.07) is 0.0285. The summed E-state index contributed by atoms with van der Waals surface area (Å²) in [5, 5.41) is 7.41. The van der Waals surface area contributed by atoms with Crippen LogP contribution in [0.5, 0.6) is 0 Å². The maximum Gasteiger partial charge on any atom is 0.451 e. The minimum absolute atomic E-state index is 0.0285. The van der Waals surface area contributed by atoms with Crippen LogP contribution in [0, 0.1) is 0 Å². The van der Waals surface area contributed by atoms with Gasteiger partial charge in [0.1, 0.15) is 0 Å². The van der Waals surface area contributed by atoms with Gasteiger partial charge in [0.25, 0.3) is 0 Å². The fourth-order valence-corrected chi connectivity index (χ4v) is 2.70. The summed E-state index contributed by atoms with van der Waals surface area (Å²) in [5.41, 5.74) is 0.175. The van der Waals surface area contributed by atoms with Gasteiger partial charge in [0.2, 0.25) is 5.82 Å². The first-order chi connectivity index (χ1) is 9.47. The molecule has 0 unspecified atom stereocenters. The van der Waals surface area contributed by atoms with Crippen LogP contribution in [0.3, 0.4) is 0 Å². The molecular formula is C11H11ClF3N5. The highest BCUT2D eigenvalue weighted by Crippen LogP contribution is 2.33. The minimum Gasteiger partial charge on any atom is -0.224 e. The molecule has 0 N–H and O–H groups in total. The zero-order valence-electron chi connectivity index (χ0n) is 10.4. The van der Waals surface area contributed by atoms with E-state index in [1.807, 2.05) is 0 Å². The van der Waals surface area contributed by atoms with E-state index in [-0.39, 0.29) is 22.4 Å². The van der Waals surface area contributed by atoms with Crippen molar-refractivity contribution in [2.45, 2.75) is 44.3 Å². The quantitative estimate of drug-likeness (QED) is 0.758. The second kappa shape index (κ2) is 4.83. The summed E-state index contributed by atoms with van der Waals surface area (Å²) in [6.07, 6.45) is 0.267. The van der Waals surface area contributed by atoms with E-state index < -0.39 is 12.0 Å². The largest absolute Gasteiger partial charge is 0.451 e. The molecule has 0 atom stereocenters. The Morgan fingerprint density at radius 2 is 1.80 bits per heavy atom. The number of aromatic nitrogens is 5. The van der Waals surface area contributed by atoms with E-state index in [4.69, 9.17) is 11.6 Å². The maximum absolute atomic E-state index is 12.7. The van der Waals surface area contributed by atoms with Gasteiger partial charge in [-0.1, -0.05) is 36.1 Å². The summed E-state index contributed by atoms with van der Waals surface area (Å²) >= 11 is 5.75. The Hall–Kier alpha value is -1.44. The summed E-state index contributed by atoms with van der Waals surface area (Å²) in [6.45, 7) is 0. The number of nitrogens with zero attached hydrogens (tertiary/aromatic N) is 5. The normalized spacial score (nSPS) is 17.8. The molecular weight excluding hydrogens is 295 g/mol. The van der Waals surface area contributed by atoms with Crippen molar-refractivity contribution in [3.05, 3.63) is 11.0 Å². The first-order valence-electron chi connectivity index (χ1n) is 6.32. The van der Waals surface area contributed by atoms with E-state index in [0.29, 0.717) is 0 Å². The fraction of sp³-hybridized carbons (Fsp3) is 0.636. The van der Waals surface area contributed by atoms with Gasteiger partial charge in [-0.25, -0.2) is 14.6 Å². The van der Waals surface area contributed by atoms with Gasteiger partial charge >= 0.3 is 6.18 Å². The zero-order chi connectivity index (χ0) is 14.3. The topological polar surface area (TPSA) is 56.5 Å². The molecule has 3 rings (SSSR count). The van der Waals surface area contributed by atoms with Gasteiger partial charge in [0.15, 0.2) is 16.3 Å². The number of alkyl halides is 3. The van der Waals surface area contributed by atoms with E-state index >= 15 is 0 Å². The number of hydrogen-bond donors (Lipinski definition) is 0. The third-order valence-electron chi connectivity index (χ3n) is 3.46. The number of hydrogen-bond acceptors (Lipinski definition) is 4. The molecule has 2 aromatic heterocycles. The molecule has 20 heavy (non-hydrogen) atoms. The van der Waals surface area contributed by atoms with Crippen molar-refractivity contribution in [3.63, 3.8) is 0 Å². The van der Waals surface area contributed by atoms with Gasteiger partial charge in [-0.2, -0.15) is 13.2 Å². The van der Waals surface area contributed by atoms with Crippen LogP contribution in [-0.4, -0.2) is 25.0 Å². The highest BCUT2D eigenvalue weighted by molar-refractivity contribution is 6.33. The van der Waals surface area contributed by atoms with Crippen LogP contribution in [0.1, 0.15) is 44.0 Å². The highest BCUT2D eigenvalue weighted by atomic mass is 35.5. The van der Waals surface area contributed by atoms with Crippen molar-refractivity contribution in [3.8, 4) is 0 Å². The Kier molecular flexibility index (Phi) is 3.27. The lowest BCUT2D eigenvalue weighted by Gasteiger charge is -2.21. The lowest BCUT2D eigenvalue weighted by Crippen LogP contribution is -2.16. The average Bonchev–Trinajstić information content (AvgIpc) is 2.83. The Balaban J connectivity index is 2.12. The van der Waals surface area contributed by atoms with Crippen LogP contribution in [0.25, 0.3) is 11.2 Å². The van der Waals surface area contributed by atoms with Crippen molar-refractivity contribution in [2.75, 3.05) is 0 Å². The molecule has 0 bridgehead atoms. The third kappa shape index (κ3) is 2.32. The Bertz CT molecular complexity index is 633. The van der Waals surface area contributed by atoms with Crippen LogP contribution >= 0.6 is 11.6 Å². The summed E-state index contributed by atoms with van der Waals surface area (Å²) in [7, 11) is 0. The fourth-order valence-electron chi connectivity index (χ4n) is 2.50. The third-order valence-corrected chi connectivity index (χ3v) is 3.72. The molecule has 0 saturated heterocycles. The standard InChI is InChI=1S/C11H11ClF3N5/c12-8-7-9(17-10(16-8)11(13,14)15)20(19-18-7)6-4-2-1-3-5-6/h6H,1-5H2. The summed E-state index contributed by atoms with van der Waals surface area (Å²) in [4.78, 5) is 6.80. The second-order valence-electron chi connectivity index (χ2n) is 4.83. The monoisotopic (exact) mass is 305 g/mol. The summed E-state index contributed by atoms with van der Waals surface area (Å²) < 4.78 is 39.7. The molecule has 0 aliphatic heterocycles. The molecule has 2 heterocycles. The van der Waals surface area contributed by atoms with E-state index in [1.54, 1.807) is 0 Å². The van der Waals surface area contributed by atoms with Crippen molar-refractivity contribution < 1.29 is 13.2 Å². The average molecular weight is 306 g/mol. The molecule has 1 aliphatic rings. The van der Waals surface area contributed by atoms with Crippen molar-refractivity contribution in [1.82, 2.24) is 25.0 Å². The predicted octanol–water partition coefficient (Wildman–Crippen LogP) is 3.40. The Morgan fingerprint density at radius 3 is 2.45 bits per heavy atom. The first kappa shape index (κ1) is 13.5. The SMILES string of the molecule is FC(F)(F)c1nc(Cl)c2nnn(C3CCCCC3)c2n1. The van der Waals surface area contributed by atoms with Crippen LogP contribution in [0.15, 0.2) is 0 Å². The lowest BCUT2D eigenvalue weighted by molar-refractivity contribution is -0.144. The first-order valence-corrected chi connectivity index (χ1v) is 6.70. The molecule has 2 aromatic rings. The lowest BCUT2D eigenvalue weighted by atomic mass is 9.96. The predicted molar refractivity (Wildman–Crippen MR) is 65.3 cm³/mol. The summed E-state index contributed by atoms with van der Waals surface area (Å²) in [5.74, 6) is -1.26. The van der Waals surface area contributed by atoms with Gasteiger partial charge in [-0.15, -0.1) is 5.10 Å². The van der Waals surface area contributed by atoms with Gasteiger partial charge < -0.3 is 0 Å². The number of halogens is 4. The van der Waals surface area contributed by atoms with Gasteiger partial charge in [-0.05, 0) is 12.8 Å². The van der Waals surface area contributed by atoms with Crippen LogP contribution in [0.2, 0.25) is 5.15 Å². The van der Waals surface area contributed by atoms with Gasteiger partial charge in [0.05, 0.1) is 6.04 Å². The second-order valence-corrected chi connectivity index (χ2v) is 5.19. The Labute approximate surface area is 117 Å². The molecule has 0 amide bonds. The molecule has 108 valence electrons. The molecule has 1 saturated carbocycles. The van der Waals surface area contributed by atoms with Crippen LogP contribution in [-0.2, 0) is 6.18 Å². The van der Waals surface area contributed by atoms with Crippen LogP contribution in [0.4, 0.5) is 13.2 Å². The molecule has 0 aromatic carbocycles. The van der Waals surface area contributed by atoms with E-state index in [2.05, 4.69) is 20.3 Å². The molecule has 5 nitrogen and oxygen atoms in total. The zero-order valence-corrected chi connectivity index (χ0v) is 11.1. The van der Waals surface area contributed by atoms with Crippen LogP contribution < -0.4 is 0 Å². The van der Waals surface area contributed by atoms with Gasteiger partial charge in [0, 0.05) is 0 Å². The number of fused-ring (bicyclic) bond motifs is 1. The van der Waals surface area contributed by atoms with E-state index in [9.17, 15) is 13.2 Å². The molecule has 1 fully saturated rings. The Morgan fingerprint density at radius 1 is 1.10 bits per heavy atom. The minimum atomic E-state index is -4.64. The number of rotatable bonds is 1. The van der Waals surface area contributed by atoms with Crippen molar-refractivity contribution in [2.24, 2.45) is 0 Å². The van der Waals surface area contributed by atoms with Gasteiger partial charge in [-0.3, -0.25) is 0 Å². The smallest absolute Gasteiger partial charge is 0.224 e. The molecule has 0 radical (unpaired) electrons. The molecule has 0 spiro atoms. The molecule has 9 heteroatoms. The molecule has 1 aliphatic carbocycles. The van der Waals surface area contributed by atoms with Crippen molar-refractivity contribution in [1.29, 1.82) is 0 Å².